The average molecular weight is 172 g/mol. The molecule has 0 saturated carbocycles. The van der Waals surface area contributed by atoms with E-state index >= 15 is 0 Å². The van der Waals surface area contributed by atoms with E-state index < -0.39 is 0 Å². The molecular weight excluding hydrogens is 148 g/mol. The Morgan fingerprint density at radius 1 is 1.25 bits per heavy atom. The highest BCUT2D eigenvalue weighted by atomic mass is 15.1. The fraction of sp³-hybridized carbons (Fsp3) is 1.00. The number of hydrogen-bond donors (Lipinski definition) is 1. The summed E-state index contributed by atoms with van der Waals surface area (Å²) >= 11 is 0. The summed E-state index contributed by atoms with van der Waals surface area (Å²) < 4.78 is 0. The van der Waals surface area contributed by atoms with Crippen LogP contribution in [0, 0.1) is 0 Å². The molecule has 1 atom stereocenters. The molecule has 0 fully saturated rings. The lowest BCUT2D eigenvalue weighted by atomic mass is 10.1. The van der Waals surface area contributed by atoms with Crippen molar-refractivity contribution in [2.75, 3.05) is 27.7 Å². The molecular formula is C10H24N2. The first kappa shape index (κ1) is 11.9. The van der Waals surface area contributed by atoms with E-state index in [4.69, 9.17) is 0 Å². The van der Waals surface area contributed by atoms with E-state index in [1.807, 2.05) is 0 Å². The highest BCUT2D eigenvalue weighted by Gasteiger charge is 2.04. The Kier molecular flexibility index (Phi) is 7.51. The van der Waals surface area contributed by atoms with Crippen LogP contribution < -0.4 is 5.32 Å². The van der Waals surface area contributed by atoms with Crippen LogP contribution in [0.1, 0.15) is 32.6 Å². The molecule has 0 radical (unpaired) electrons. The second-order valence-corrected chi connectivity index (χ2v) is 3.72. The van der Waals surface area contributed by atoms with Gasteiger partial charge in [0.1, 0.15) is 0 Å². The molecule has 0 aliphatic carbocycles. The Morgan fingerprint density at radius 3 is 2.33 bits per heavy atom. The highest BCUT2D eigenvalue weighted by Crippen LogP contribution is 2.03. The minimum atomic E-state index is 0.715. The molecule has 0 heterocycles. The Hall–Kier alpha value is -0.0800. The van der Waals surface area contributed by atoms with Crippen LogP contribution in [0.3, 0.4) is 0 Å². The maximum Gasteiger partial charge on any atom is 0.00762 e. The quantitative estimate of drug-likeness (QED) is 0.629. The van der Waals surface area contributed by atoms with Crippen LogP contribution in [0.4, 0.5) is 0 Å². The van der Waals surface area contributed by atoms with Gasteiger partial charge in [-0.3, -0.25) is 0 Å². The zero-order valence-electron chi connectivity index (χ0n) is 9.06. The molecule has 0 rings (SSSR count). The lowest BCUT2D eigenvalue weighted by Crippen LogP contribution is -2.29. The minimum Gasteiger partial charge on any atom is -0.317 e. The maximum atomic E-state index is 3.37. The molecule has 0 aliphatic heterocycles. The van der Waals surface area contributed by atoms with Gasteiger partial charge in [0, 0.05) is 6.04 Å². The average Bonchev–Trinajstić information content (AvgIpc) is 2.05. The topological polar surface area (TPSA) is 15.3 Å². The van der Waals surface area contributed by atoms with E-state index in [-0.39, 0.29) is 0 Å². The second kappa shape index (κ2) is 7.56. The van der Waals surface area contributed by atoms with Gasteiger partial charge in [-0.25, -0.2) is 0 Å². The van der Waals surface area contributed by atoms with E-state index in [0.29, 0.717) is 6.04 Å². The van der Waals surface area contributed by atoms with Crippen molar-refractivity contribution in [2.24, 2.45) is 0 Å². The van der Waals surface area contributed by atoms with Gasteiger partial charge in [0.15, 0.2) is 0 Å². The third kappa shape index (κ3) is 6.62. The van der Waals surface area contributed by atoms with E-state index in [2.05, 4.69) is 38.3 Å². The number of hydrogen-bond acceptors (Lipinski definition) is 2. The normalized spacial score (nSPS) is 13.8. The monoisotopic (exact) mass is 172 g/mol. The molecule has 1 N–H and O–H groups in total. The lowest BCUT2D eigenvalue weighted by molar-refractivity contribution is 0.354. The molecule has 2 heteroatoms. The first-order valence-corrected chi connectivity index (χ1v) is 5.02. The van der Waals surface area contributed by atoms with Gasteiger partial charge in [0.2, 0.25) is 0 Å². The molecule has 12 heavy (non-hydrogen) atoms. The second-order valence-electron chi connectivity index (χ2n) is 3.72. The van der Waals surface area contributed by atoms with Gasteiger partial charge in [0.05, 0.1) is 0 Å². The summed E-state index contributed by atoms with van der Waals surface area (Å²) in [5.74, 6) is 0. The molecule has 1 unspecified atom stereocenters. The summed E-state index contributed by atoms with van der Waals surface area (Å²) in [7, 11) is 6.33. The first-order valence-electron chi connectivity index (χ1n) is 5.02. The third-order valence-electron chi connectivity index (χ3n) is 2.24. The van der Waals surface area contributed by atoms with E-state index in [9.17, 15) is 0 Å². The van der Waals surface area contributed by atoms with Crippen molar-refractivity contribution >= 4 is 0 Å². The van der Waals surface area contributed by atoms with Crippen molar-refractivity contribution in [3.63, 3.8) is 0 Å². The zero-order chi connectivity index (χ0) is 9.40. The number of unbranched alkanes of at least 4 members (excludes halogenated alkanes) is 1. The summed E-state index contributed by atoms with van der Waals surface area (Å²) in [5, 5.41) is 3.37. The summed E-state index contributed by atoms with van der Waals surface area (Å²) in [6.07, 6.45) is 5.24. The standard InChI is InChI=1S/C10H24N2/c1-5-6-7-10(11-2)8-9-12(3)4/h10-11H,5-9H2,1-4H3. The molecule has 0 aromatic heterocycles. The summed E-state index contributed by atoms with van der Waals surface area (Å²) in [6.45, 7) is 3.44. The SMILES string of the molecule is CCCCC(CCN(C)C)NC. The molecule has 0 spiro atoms. The molecule has 0 aromatic rings. The first-order chi connectivity index (χ1) is 5.70. The lowest BCUT2D eigenvalue weighted by Gasteiger charge is -2.18. The Bertz CT molecular complexity index is 91.8. The van der Waals surface area contributed by atoms with Gasteiger partial charge < -0.3 is 10.2 Å². The van der Waals surface area contributed by atoms with Crippen molar-refractivity contribution in [1.29, 1.82) is 0 Å². The molecule has 74 valence electrons. The van der Waals surface area contributed by atoms with Gasteiger partial charge in [-0.15, -0.1) is 0 Å². The molecule has 2 nitrogen and oxygen atoms in total. The molecule has 0 aromatic carbocycles. The number of nitrogens with zero attached hydrogens (tertiary/aromatic N) is 1. The van der Waals surface area contributed by atoms with Crippen molar-refractivity contribution in [2.45, 2.75) is 38.6 Å². The van der Waals surface area contributed by atoms with Gasteiger partial charge >= 0.3 is 0 Å². The van der Waals surface area contributed by atoms with Crippen LogP contribution in [0.2, 0.25) is 0 Å². The van der Waals surface area contributed by atoms with Gasteiger partial charge in [-0.1, -0.05) is 19.8 Å². The van der Waals surface area contributed by atoms with Crippen molar-refractivity contribution in [1.82, 2.24) is 10.2 Å². The predicted octanol–water partition coefficient (Wildman–Crippen LogP) is 1.72. The van der Waals surface area contributed by atoms with Crippen molar-refractivity contribution in [3.8, 4) is 0 Å². The smallest absolute Gasteiger partial charge is 0.00762 e. The fourth-order valence-electron chi connectivity index (χ4n) is 1.30. The van der Waals surface area contributed by atoms with Crippen molar-refractivity contribution in [3.05, 3.63) is 0 Å². The summed E-state index contributed by atoms with van der Waals surface area (Å²) in [6, 6.07) is 0.715. The Balaban J connectivity index is 3.39. The maximum absolute atomic E-state index is 3.37. The Labute approximate surface area is 77.3 Å². The third-order valence-corrected chi connectivity index (χ3v) is 2.24. The van der Waals surface area contributed by atoms with Crippen LogP contribution in [0.5, 0.6) is 0 Å². The van der Waals surface area contributed by atoms with Crippen LogP contribution >= 0.6 is 0 Å². The van der Waals surface area contributed by atoms with Gasteiger partial charge in [-0.2, -0.15) is 0 Å². The van der Waals surface area contributed by atoms with E-state index in [0.717, 1.165) is 0 Å². The fourth-order valence-corrected chi connectivity index (χ4v) is 1.30. The van der Waals surface area contributed by atoms with Crippen LogP contribution in [0.25, 0.3) is 0 Å². The number of rotatable bonds is 7. The van der Waals surface area contributed by atoms with Crippen LogP contribution in [-0.4, -0.2) is 38.6 Å². The van der Waals surface area contributed by atoms with E-state index in [1.165, 1.54) is 32.2 Å². The zero-order valence-corrected chi connectivity index (χ0v) is 9.06. The molecule has 0 bridgehead atoms. The molecule has 0 aliphatic rings. The molecule has 0 saturated heterocycles. The summed E-state index contributed by atoms with van der Waals surface area (Å²) in [5.41, 5.74) is 0. The van der Waals surface area contributed by atoms with Gasteiger partial charge in [-0.05, 0) is 40.5 Å². The molecule has 0 amide bonds. The van der Waals surface area contributed by atoms with Crippen molar-refractivity contribution < 1.29 is 0 Å². The number of nitrogens with one attached hydrogen (secondary N) is 1. The van der Waals surface area contributed by atoms with Crippen LogP contribution in [-0.2, 0) is 0 Å². The van der Waals surface area contributed by atoms with E-state index in [1.54, 1.807) is 0 Å². The predicted molar refractivity (Wildman–Crippen MR) is 55.5 cm³/mol. The van der Waals surface area contributed by atoms with Gasteiger partial charge in [0.25, 0.3) is 0 Å². The largest absolute Gasteiger partial charge is 0.317 e. The highest BCUT2D eigenvalue weighted by molar-refractivity contribution is 4.65. The Morgan fingerprint density at radius 2 is 1.92 bits per heavy atom. The summed E-state index contributed by atoms with van der Waals surface area (Å²) in [4.78, 5) is 2.25. The van der Waals surface area contributed by atoms with Crippen LogP contribution in [0.15, 0.2) is 0 Å². The minimum absolute atomic E-state index is 0.715.